The summed E-state index contributed by atoms with van der Waals surface area (Å²) in [7, 11) is 0. The molecule has 7 heteroatoms. The van der Waals surface area contributed by atoms with E-state index in [9.17, 15) is 10.1 Å². The first-order valence-corrected chi connectivity index (χ1v) is 8.65. The van der Waals surface area contributed by atoms with Crippen LogP contribution in [0.15, 0.2) is 60.9 Å². The summed E-state index contributed by atoms with van der Waals surface area (Å²) in [5, 5.41) is 19.0. The number of hydrogen-bond donors (Lipinski definition) is 1. The molecule has 140 valence electrons. The second-order valence-corrected chi connectivity index (χ2v) is 6.17. The fourth-order valence-corrected chi connectivity index (χ4v) is 2.82. The van der Waals surface area contributed by atoms with Gasteiger partial charge in [0.1, 0.15) is 29.7 Å². The number of pyridine rings is 1. The van der Waals surface area contributed by atoms with Crippen LogP contribution in [-0.4, -0.2) is 22.7 Å². The smallest absolute Gasteiger partial charge is 0.341 e. The maximum absolute atomic E-state index is 10.9. The van der Waals surface area contributed by atoms with Crippen LogP contribution in [-0.2, 0) is 11.4 Å². The van der Waals surface area contributed by atoms with E-state index in [4.69, 9.17) is 26.2 Å². The summed E-state index contributed by atoms with van der Waals surface area (Å²) >= 11 is 6.30. The van der Waals surface area contributed by atoms with Crippen LogP contribution < -0.4 is 9.47 Å². The Hall–Kier alpha value is -3.56. The minimum atomic E-state index is -1.15. The van der Waals surface area contributed by atoms with Crippen LogP contribution in [0.3, 0.4) is 0 Å². The Morgan fingerprint density at radius 2 is 1.86 bits per heavy atom. The summed E-state index contributed by atoms with van der Waals surface area (Å²) < 4.78 is 11.2. The minimum Gasteiger partial charge on any atom is -0.489 e. The monoisotopic (exact) mass is 394 g/mol. The molecular weight excluding hydrogens is 380 g/mol. The van der Waals surface area contributed by atoms with Gasteiger partial charge in [0.15, 0.2) is 6.61 Å². The molecule has 0 amide bonds. The molecule has 0 aliphatic rings. The third kappa shape index (κ3) is 4.58. The summed E-state index contributed by atoms with van der Waals surface area (Å²) in [4.78, 5) is 14.9. The molecule has 1 aromatic heterocycles. The van der Waals surface area contributed by atoms with Gasteiger partial charge in [0, 0.05) is 34.6 Å². The Labute approximate surface area is 166 Å². The third-order valence-electron chi connectivity index (χ3n) is 3.86. The normalized spacial score (nSPS) is 10.1. The highest BCUT2D eigenvalue weighted by Gasteiger charge is 2.17. The average Bonchev–Trinajstić information content (AvgIpc) is 2.71. The van der Waals surface area contributed by atoms with E-state index in [-0.39, 0.29) is 17.9 Å². The lowest BCUT2D eigenvalue weighted by Gasteiger charge is -2.15. The van der Waals surface area contributed by atoms with Gasteiger partial charge in [-0.05, 0) is 29.8 Å². The number of aliphatic carboxylic acids is 1. The van der Waals surface area contributed by atoms with Crippen LogP contribution in [0.5, 0.6) is 11.5 Å². The summed E-state index contributed by atoms with van der Waals surface area (Å²) in [5.41, 5.74) is 2.22. The first-order valence-electron chi connectivity index (χ1n) is 8.28. The van der Waals surface area contributed by atoms with Crippen molar-refractivity contribution >= 4 is 17.6 Å². The molecule has 28 heavy (non-hydrogen) atoms. The van der Waals surface area contributed by atoms with Crippen LogP contribution in [0.1, 0.15) is 11.1 Å². The van der Waals surface area contributed by atoms with Gasteiger partial charge >= 0.3 is 5.97 Å². The highest BCUT2D eigenvalue weighted by molar-refractivity contribution is 6.33. The highest BCUT2D eigenvalue weighted by Crippen LogP contribution is 2.38. The van der Waals surface area contributed by atoms with Crippen LogP contribution in [0, 0.1) is 11.3 Å². The number of halogens is 1. The number of carboxylic acid groups (broad SMARTS) is 1. The molecule has 0 saturated carbocycles. The number of ether oxygens (including phenoxy) is 2. The molecule has 1 N–H and O–H groups in total. The van der Waals surface area contributed by atoms with Gasteiger partial charge in [0.2, 0.25) is 0 Å². The fourth-order valence-electron chi connectivity index (χ4n) is 2.58. The van der Waals surface area contributed by atoms with Crippen molar-refractivity contribution in [2.45, 2.75) is 6.61 Å². The number of benzene rings is 2. The summed E-state index contributed by atoms with van der Waals surface area (Å²) in [5.74, 6) is -0.607. The number of rotatable bonds is 7. The van der Waals surface area contributed by atoms with Crippen molar-refractivity contribution in [3.8, 4) is 28.7 Å². The first kappa shape index (κ1) is 19.2. The van der Waals surface area contributed by atoms with Crippen LogP contribution >= 0.6 is 11.6 Å². The van der Waals surface area contributed by atoms with Gasteiger partial charge in [-0.15, -0.1) is 0 Å². The predicted octanol–water partition coefficient (Wildman–Crippen LogP) is 4.32. The minimum absolute atomic E-state index is 0.118. The zero-order chi connectivity index (χ0) is 19.9. The van der Waals surface area contributed by atoms with Crippen molar-refractivity contribution < 1.29 is 19.4 Å². The molecule has 3 aromatic rings. The zero-order valence-electron chi connectivity index (χ0n) is 14.6. The number of nitriles is 1. The molecule has 0 radical (unpaired) electrons. The number of nitrogens with zero attached hydrogens (tertiary/aromatic N) is 2. The standard InChI is InChI=1S/C21H15ClN2O4/c22-19-4-2-1-3-16(19)17-9-15(27-12-14-5-7-24-8-6-14)10-20(18(17)11-23)28-13-21(25)26/h1-10H,12-13H2,(H,25,26). The summed E-state index contributed by atoms with van der Waals surface area (Å²) in [6, 6.07) is 16.0. The quantitative estimate of drug-likeness (QED) is 0.641. The first-order chi connectivity index (χ1) is 13.6. The van der Waals surface area contributed by atoms with Crippen molar-refractivity contribution in [3.05, 3.63) is 77.1 Å². The molecule has 0 saturated heterocycles. The van der Waals surface area contributed by atoms with Crippen molar-refractivity contribution in [1.82, 2.24) is 4.98 Å². The second-order valence-electron chi connectivity index (χ2n) is 5.76. The Balaban J connectivity index is 2.03. The van der Waals surface area contributed by atoms with Gasteiger partial charge in [0.05, 0.1) is 0 Å². The predicted molar refractivity (Wildman–Crippen MR) is 103 cm³/mol. The van der Waals surface area contributed by atoms with E-state index < -0.39 is 12.6 Å². The molecule has 1 heterocycles. The van der Waals surface area contributed by atoms with E-state index in [0.29, 0.717) is 21.9 Å². The number of carboxylic acids is 1. The van der Waals surface area contributed by atoms with Gasteiger partial charge < -0.3 is 14.6 Å². The second kappa shape index (κ2) is 8.89. The lowest BCUT2D eigenvalue weighted by molar-refractivity contribution is -0.139. The van der Waals surface area contributed by atoms with Gasteiger partial charge in [-0.3, -0.25) is 4.98 Å². The lowest BCUT2D eigenvalue weighted by Crippen LogP contribution is -2.10. The zero-order valence-corrected chi connectivity index (χ0v) is 15.4. The fraction of sp³-hybridized carbons (Fsp3) is 0.0952. The van der Waals surface area contributed by atoms with Crippen LogP contribution in [0.25, 0.3) is 11.1 Å². The number of hydrogen-bond acceptors (Lipinski definition) is 5. The van der Waals surface area contributed by atoms with Crippen LogP contribution in [0.2, 0.25) is 5.02 Å². The van der Waals surface area contributed by atoms with E-state index in [1.807, 2.05) is 12.1 Å². The van der Waals surface area contributed by atoms with E-state index in [2.05, 4.69) is 11.1 Å². The van der Waals surface area contributed by atoms with E-state index in [1.54, 1.807) is 42.7 Å². The Kier molecular flexibility index (Phi) is 6.10. The Bertz CT molecular complexity index is 1030. The van der Waals surface area contributed by atoms with E-state index in [0.717, 1.165) is 5.56 Å². The van der Waals surface area contributed by atoms with Crippen molar-refractivity contribution in [1.29, 1.82) is 5.26 Å². The number of aromatic nitrogens is 1. The van der Waals surface area contributed by atoms with E-state index >= 15 is 0 Å². The molecule has 0 fully saturated rings. The Morgan fingerprint density at radius 3 is 2.54 bits per heavy atom. The summed E-state index contributed by atoms with van der Waals surface area (Å²) in [6.07, 6.45) is 3.32. The molecule has 0 aliphatic heterocycles. The Morgan fingerprint density at radius 1 is 1.11 bits per heavy atom. The maximum atomic E-state index is 10.9. The molecule has 0 bridgehead atoms. The van der Waals surface area contributed by atoms with Gasteiger partial charge in [-0.1, -0.05) is 29.8 Å². The maximum Gasteiger partial charge on any atom is 0.341 e. The molecule has 0 spiro atoms. The summed E-state index contributed by atoms with van der Waals surface area (Å²) in [6.45, 7) is -0.306. The van der Waals surface area contributed by atoms with E-state index in [1.165, 1.54) is 6.07 Å². The molecule has 3 rings (SSSR count). The number of carbonyl (C=O) groups is 1. The average molecular weight is 395 g/mol. The lowest BCUT2D eigenvalue weighted by atomic mass is 9.99. The van der Waals surface area contributed by atoms with Gasteiger partial charge in [-0.25, -0.2) is 4.79 Å². The van der Waals surface area contributed by atoms with Crippen molar-refractivity contribution in [2.24, 2.45) is 0 Å². The molecule has 0 atom stereocenters. The van der Waals surface area contributed by atoms with Crippen molar-refractivity contribution in [3.63, 3.8) is 0 Å². The molecule has 6 nitrogen and oxygen atoms in total. The molecule has 0 unspecified atom stereocenters. The molecular formula is C21H15ClN2O4. The van der Waals surface area contributed by atoms with Crippen molar-refractivity contribution in [2.75, 3.05) is 6.61 Å². The highest BCUT2D eigenvalue weighted by atomic mass is 35.5. The molecule has 2 aromatic carbocycles. The third-order valence-corrected chi connectivity index (χ3v) is 4.19. The molecule has 0 aliphatic carbocycles. The largest absolute Gasteiger partial charge is 0.489 e. The SMILES string of the molecule is N#Cc1c(OCC(=O)O)cc(OCc2ccncc2)cc1-c1ccccc1Cl. The topological polar surface area (TPSA) is 92.4 Å². The van der Waals surface area contributed by atoms with Gasteiger partial charge in [-0.2, -0.15) is 5.26 Å². The van der Waals surface area contributed by atoms with Crippen LogP contribution in [0.4, 0.5) is 0 Å². The van der Waals surface area contributed by atoms with Gasteiger partial charge in [0.25, 0.3) is 0 Å².